The van der Waals surface area contributed by atoms with Crippen LogP contribution in [-0.2, 0) is 4.79 Å². The third kappa shape index (κ3) is 4.78. The molecular weight excluding hydrogens is 354 g/mol. The van der Waals surface area contributed by atoms with Crippen molar-refractivity contribution in [2.24, 2.45) is 0 Å². The molecule has 6 heteroatoms. The van der Waals surface area contributed by atoms with Crippen molar-refractivity contribution in [3.63, 3.8) is 0 Å². The Morgan fingerprint density at radius 1 is 0.964 bits per heavy atom. The molecule has 1 heterocycles. The van der Waals surface area contributed by atoms with E-state index in [4.69, 9.17) is 4.74 Å². The molecule has 0 atom stereocenters. The Balaban J connectivity index is 1.90. The van der Waals surface area contributed by atoms with Crippen LogP contribution in [0.3, 0.4) is 0 Å². The van der Waals surface area contributed by atoms with Crippen molar-refractivity contribution < 1.29 is 14.3 Å². The first-order valence-corrected chi connectivity index (χ1v) is 9.27. The number of piperazine rings is 1. The smallest absolute Gasteiger partial charge is 0.270 e. The maximum Gasteiger partial charge on any atom is 0.270 e. The number of carbonyl (C=O) groups excluding carboxylic acids is 2. The fraction of sp³-hybridized carbons (Fsp3) is 0.273. The second kappa shape index (κ2) is 9.19. The lowest BCUT2D eigenvalue weighted by molar-refractivity contribution is -0.128. The summed E-state index contributed by atoms with van der Waals surface area (Å²) in [5, 5.41) is 2.80. The van der Waals surface area contributed by atoms with Crippen molar-refractivity contribution in [2.75, 3.05) is 40.3 Å². The topological polar surface area (TPSA) is 61.9 Å². The minimum atomic E-state index is -0.316. The Kier molecular flexibility index (Phi) is 6.45. The fourth-order valence-corrected chi connectivity index (χ4v) is 3.06. The summed E-state index contributed by atoms with van der Waals surface area (Å²) >= 11 is 0. The standard InChI is InChI=1S/C22H25N3O3/c1-24-12-14-25(15-13-24)22(27)19(16-18-10-6-7-11-20(18)28-2)23-21(26)17-8-4-3-5-9-17/h3-11,16H,12-15H2,1-2H3,(H,23,26). The number of ether oxygens (including phenoxy) is 1. The highest BCUT2D eigenvalue weighted by atomic mass is 16.5. The molecule has 28 heavy (non-hydrogen) atoms. The molecule has 1 fully saturated rings. The Morgan fingerprint density at radius 3 is 2.29 bits per heavy atom. The van der Waals surface area contributed by atoms with E-state index in [9.17, 15) is 9.59 Å². The molecule has 1 aliphatic rings. The van der Waals surface area contributed by atoms with Crippen LogP contribution in [0.15, 0.2) is 60.3 Å². The van der Waals surface area contributed by atoms with Crippen LogP contribution < -0.4 is 10.1 Å². The largest absolute Gasteiger partial charge is 0.496 e. The van der Waals surface area contributed by atoms with Gasteiger partial charge in [0.1, 0.15) is 11.4 Å². The van der Waals surface area contributed by atoms with Crippen LogP contribution in [0, 0.1) is 0 Å². The number of para-hydroxylation sites is 1. The zero-order valence-corrected chi connectivity index (χ0v) is 16.2. The van der Waals surface area contributed by atoms with Crippen LogP contribution in [-0.4, -0.2) is 62.0 Å². The van der Waals surface area contributed by atoms with Crippen molar-refractivity contribution in [2.45, 2.75) is 0 Å². The van der Waals surface area contributed by atoms with E-state index in [0.29, 0.717) is 24.4 Å². The van der Waals surface area contributed by atoms with E-state index >= 15 is 0 Å². The van der Waals surface area contributed by atoms with Crippen molar-refractivity contribution in [3.05, 3.63) is 71.4 Å². The Morgan fingerprint density at radius 2 is 1.61 bits per heavy atom. The zero-order chi connectivity index (χ0) is 19.9. The van der Waals surface area contributed by atoms with Crippen molar-refractivity contribution in [3.8, 4) is 5.75 Å². The third-order valence-corrected chi connectivity index (χ3v) is 4.74. The first kappa shape index (κ1) is 19.6. The van der Waals surface area contributed by atoms with Gasteiger partial charge in [-0.2, -0.15) is 0 Å². The van der Waals surface area contributed by atoms with Crippen molar-refractivity contribution in [1.29, 1.82) is 0 Å². The highest BCUT2D eigenvalue weighted by Crippen LogP contribution is 2.21. The summed E-state index contributed by atoms with van der Waals surface area (Å²) in [7, 11) is 3.61. The van der Waals surface area contributed by atoms with E-state index in [1.807, 2.05) is 37.4 Å². The van der Waals surface area contributed by atoms with Gasteiger partial charge >= 0.3 is 0 Å². The summed E-state index contributed by atoms with van der Waals surface area (Å²) in [6.45, 7) is 2.86. The maximum atomic E-state index is 13.2. The highest BCUT2D eigenvalue weighted by molar-refractivity contribution is 6.05. The molecule has 2 amide bonds. The predicted molar refractivity (Wildman–Crippen MR) is 109 cm³/mol. The Bertz CT molecular complexity index is 856. The second-order valence-electron chi connectivity index (χ2n) is 6.72. The number of benzene rings is 2. The molecule has 0 saturated carbocycles. The molecule has 146 valence electrons. The molecule has 0 unspecified atom stereocenters. The monoisotopic (exact) mass is 379 g/mol. The SMILES string of the molecule is COc1ccccc1C=C(NC(=O)c1ccccc1)C(=O)N1CCN(C)CC1. The van der Waals surface area contributed by atoms with Crippen LogP contribution in [0.1, 0.15) is 15.9 Å². The molecule has 0 radical (unpaired) electrons. The summed E-state index contributed by atoms with van der Waals surface area (Å²) in [6, 6.07) is 16.3. The summed E-state index contributed by atoms with van der Waals surface area (Å²) in [4.78, 5) is 29.8. The molecule has 3 rings (SSSR count). The quantitative estimate of drug-likeness (QED) is 0.810. The lowest BCUT2D eigenvalue weighted by Gasteiger charge is -2.33. The molecule has 0 aromatic heterocycles. The first-order chi connectivity index (χ1) is 13.6. The normalized spacial score (nSPS) is 15.2. The molecule has 0 bridgehead atoms. The van der Waals surface area contributed by atoms with Gasteiger partial charge in [-0.05, 0) is 31.3 Å². The van der Waals surface area contributed by atoms with Gasteiger partial charge in [0.2, 0.25) is 0 Å². The van der Waals surface area contributed by atoms with Gasteiger partial charge in [0.05, 0.1) is 7.11 Å². The molecule has 0 spiro atoms. The van der Waals surface area contributed by atoms with Crippen molar-refractivity contribution in [1.82, 2.24) is 15.1 Å². The molecular formula is C22H25N3O3. The number of methoxy groups -OCH3 is 1. The summed E-state index contributed by atoms with van der Waals surface area (Å²) in [6.07, 6.45) is 1.68. The van der Waals surface area contributed by atoms with Crippen LogP contribution in [0.5, 0.6) is 5.75 Å². The lowest BCUT2D eigenvalue weighted by Crippen LogP contribution is -2.49. The van der Waals surface area contributed by atoms with Crippen LogP contribution in [0.25, 0.3) is 6.08 Å². The van der Waals surface area contributed by atoms with Gasteiger partial charge in [0, 0.05) is 37.3 Å². The maximum absolute atomic E-state index is 13.2. The second-order valence-corrected chi connectivity index (χ2v) is 6.72. The number of carbonyl (C=O) groups is 2. The van der Waals surface area contributed by atoms with Gasteiger partial charge in [-0.1, -0.05) is 36.4 Å². The number of amides is 2. The molecule has 2 aromatic rings. The van der Waals surface area contributed by atoms with Gasteiger partial charge < -0.3 is 19.9 Å². The number of rotatable bonds is 5. The summed E-state index contributed by atoms with van der Waals surface area (Å²) < 4.78 is 5.39. The minimum absolute atomic E-state index is 0.191. The molecule has 1 N–H and O–H groups in total. The number of nitrogens with zero attached hydrogens (tertiary/aromatic N) is 2. The summed E-state index contributed by atoms with van der Waals surface area (Å²) in [5.41, 5.74) is 1.47. The number of hydrogen-bond acceptors (Lipinski definition) is 4. The average Bonchev–Trinajstić information content (AvgIpc) is 2.74. The molecule has 0 aliphatic carbocycles. The van der Waals surface area contributed by atoms with E-state index < -0.39 is 0 Å². The fourth-order valence-electron chi connectivity index (χ4n) is 3.06. The van der Waals surface area contributed by atoms with E-state index in [1.165, 1.54) is 0 Å². The van der Waals surface area contributed by atoms with Gasteiger partial charge in [-0.25, -0.2) is 0 Å². The van der Waals surface area contributed by atoms with E-state index in [1.54, 1.807) is 42.4 Å². The molecule has 6 nitrogen and oxygen atoms in total. The number of hydrogen-bond donors (Lipinski definition) is 1. The van der Waals surface area contributed by atoms with E-state index in [-0.39, 0.29) is 17.5 Å². The van der Waals surface area contributed by atoms with Gasteiger partial charge in [-0.3, -0.25) is 9.59 Å². The third-order valence-electron chi connectivity index (χ3n) is 4.74. The Hall–Kier alpha value is -3.12. The molecule has 2 aromatic carbocycles. The van der Waals surface area contributed by atoms with E-state index in [2.05, 4.69) is 10.2 Å². The van der Waals surface area contributed by atoms with Gasteiger partial charge in [0.25, 0.3) is 11.8 Å². The predicted octanol–water partition coefficient (Wildman–Crippen LogP) is 2.24. The summed E-state index contributed by atoms with van der Waals surface area (Å²) in [5.74, 6) is 0.132. The molecule has 1 saturated heterocycles. The van der Waals surface area contributed by atoms with Crippen molar-refractivity contribution >= 4 is 17.9 Å². The lowest BCUT2D eigenvalue weighted by atomic mass is 10.1. The van der Waals surface area contributed by atoms with Crippen LogP contribution in [0.2, 0.25) is 0 Å². The first-order valence-electron chi connectivity index (χ1n) is 9.27. The average molecular weight is 379 g/mol. The number of likely N-dealkylation sites (N-methyl/N-ethyl adjacent to an activating group) is 1. The minimum Gasteiger partial charge on any atom is -0.496 e. The number of nitrogens with one attached hydrogen (secondary N) is 1. The van der Waals surface area contributed by atoms with Gasteiger partial charge in [0.15, 0.2) is 0 Å². The van der Waals surface area contributed by atoms with E-state index in [0.717, 1.165) is 18.7 Å². The molecule has 1 aliphatic heterocycles. The van der Waals surface area contributed by atoms with Crippen LogP contribution in [0.4, 0.5) is 0 Å². The van der Waals surface area contributed by atoms with Crippen LogP contribution >= 0.6 is 0 Å². The van der Waals surface area contributed by atoms with Gasteiger partial charge in [-0.15, -0.1) is 0 Å². The Labute approximate surface area is 165 Å². The highest BCUT2D eigenvalue weighted by Gasteiger charge is 2.24. The zero-order valence-electron chi connectivity index (χ0n) is 16.2.